The number of H-pyrrole nitrogens is 1. The lowest BCUT2D eigenvalue weighted by Gasteiger charge is -2.21. The molecule has 0 saturated carbocycles. The average Bonchev–Trinajstić information content (AvgIpc) is 3.04. The number of anilines is 1. The van der Waals surface area contributed by atoms with Gasteiger partial charge >= 0.3 is 5.69 Å². The molecule has 134 valence electrons. The Morgan fingerprint density at radius 2 is 1.96 bits per heavy atom. The second-order valence-electron chi connectivity index (χ2n) is 6.56. The van der Waals surface area contributed by atoms with Gasteiger partial charge in [-0.15, -0.1) is 0 Å². The first-order chi connectivity index (χ1) is 11.9. The third kappa shape index (κ3) is 3.43. The fraction of sp³-hybridized carbons (Fsp3) is 0.471. The highest BCUT2D eigenvalue weighted by Gasteiger charge is 2.24. The van der Waals surface area contributed by atoms with Crippen molar-refractivity contribution in [2.45, 2.75) is 25.9 Å². The van der Waals surface area contributed by atoms with E-state index in [0.29, 0.717) is 12.4 Å². The van der Waals surface area contributed by atoms with Gasteiger partial charge in [0.05, 0.1) is 0 Å². The van der Waals surface area contributed by atoms with Crippen LogP contribution in [-0.4, -0.2) is 33.2 Å². The highest BCUT2D eigenvalue weighted by molar-refractivity contribution is 5.40. The molecule has 0 bridgehead atoms. The van der Waals surface area contributed by atoms with Crippen molar-refractivity contribution in [3.63, 3.8) is 0 Å². The third-order valence-corrected chi connectivity index (χ3v) is 4.84. The van der Waals surface area contributed by atoms with E-state index in [1.54, 1.807) is 19.3 Å². The predicted octanol–water partition coefficient (Wildman–Crippen LogP) is -0.551. The van der Waals surface area contributed by atoms with Gasteiger partial charge < -0.3 is 15.2 Å². The van der Waals surface area contributed by atoms with Crippen LogP contribution in [0.1, 0.15) is 17.5 Å². The minimum Gasteiger partial charge on any atom is -0.356 e. The Labute approximate surface area is 144 Å². The first-order valence-electron chi connectivity index (χ1n) is 8.30. The Kier molecular flexibility index (Phi) is 4.63. The molecule has 3 rings (SSSR count). The van der Waals surface area contributed by atoms with Gasteiger partial charge in [-0.05, 0) is 24.5 Å². The lowest BCUT2D eigenvalue weighted by Crippen LogP contribution is -2.40. The van der Waals surface area contributed by atoms with E-state index in [4.69, 9.17) is 0 Å². The molecular weight excluding hydrogens is 322 g/mol. The quantitative estimate of drug-likeness (QED) is 0.776. The van der Waals surface area contributed by atoms with Crippen LogP contribution in [0.4, 0.5) is 5.82 Å². The summed E-state index contributed by atoms with van der Waals surface area (Å²) in [5.41, 5.74) is 1.31. The molecule has 25 heavy (non-hydrogen) atoms. The zero-order valence-corrected chi connectivity index (χ0v) is 14.7. The fourth-order valence-electron chi connectivity index (χ4n) is 3.21. The number of pyridine rings is 1. The Bertz CT molecular complexity index is 956. The maximum atomic E-state index is 12.1. The van der Waals surface area contributed by atoms with Gasteiger partial charge in [-0.25, -0.2) is 4.79 Å². The molecule has 2 N–H and O–H groups in total. The van der Waals surface area contributed by atoms with Crippen LogP contribution in [0.3, 0.4) is 0 Å². The lowest BCUT2D eigenvalue weighted by atomic mass is 10.1. The number of nitrogens with zero attached hydrogens (tertiary/aromatic N) is 3. The zero-order valence-electron chi connectivity index (χ0n) is 14.7. The molecular formula is C17H23N5O3. The molecule has 2 aromatic rings. The topological polar surface area (TPSA) is 92.1 Å². The minimum absolute atomic E-state index is 0.0973. The maximum absolute atomic E-state index is 12.1. The largest absolute Gasteiger partial charge is 0.356 e. The Morgan fingerprint density at radius 3 is 2.68 bits per heavy atom. The Hall–Kier alpha value is -2.61. The number of nitrogens with one attached hydrogen (secondary N) is 2. The summed E-state index contributed by atoms with van der Waals surface area (Å²) >= 11 is 0. The molecule has 1 saturated heterocycles. The summed E-state index contributed by atoms with van der Waals surface area (Å²) in [4.78, 5) is 40.0. The van der Waals surface area contributed by atoms with E-state index < -0.39 is 0 Å². The van der Waals surface area contributed by atoms with Gasteiger partial charge in [0.25, 0.3) is 5.56 Å². The number of aryl methyl sites for hydroxylation is 1. The van der Waals surface area contributed by atoms with Gasteiger partial charge in [-0.1, -0.05) is 0 Å². The Morgan fingerprint density at radius 1 is 1.20 bits per heavy atom. The van der Waals surface area contributed by atoms with Gasteiger partial charge in [-0.2, -0.15) is 0 Å². The lowest BCUT2D eigenvalue weighted by molar-refractivity contribution is 0.548. The van der Waals surface area contributed by atoms with Gasteiger partial charge in [0, 0.05) is 58.1 Å². The minimum atomic E-state index is -0.317. The first kappa shape index (κ1) is 17.2. The summed E-state index contributed by atoms with van der Waals surface area (Å²) in [5.74, 6) is 0.651. The highest BCUT2D eigenvalue weighted by Crippen LogP contribution is 2.17. The molecule has 0 aliphatic carbocycles. The summed E-state index contributed by atoms with van der Waals surface area (Å²) in [5, 5.41) is 3.48. The fourth-order valence-corrected chi connectivity index (χ4v) is 3.21. The SMILES string of the molecule is Cc1cc(=O)[nH]cc1CN[C@@H]1CCN(c2cc(=O)n(C)c(=O)n2C)C1. The van der Waals surface area contributed by atoms with Crippen molar-refractivity contribution in [2.24, 2.45) is 14.1 Å². The molecule has 0 radical (unpaired) electrons. The van der Waals surface area contributed by atoms with E-state index in [9.17, 15) is 14.4 Å². The molecule has 1 aliphatic heterocycles. The number of hydrogen-bond acceptors (Lipinski definition) is 5. The standard InChI is InChI=1S/C17H23N5O3/c1-11-6-14(23)19-9-12(11)8-18-13-4-5-22(10-13)15-7-16(24)21(3)17(25)20(15)2/h6-7,9,13,18H,4-5,8,10H2,1-3H3,(H,19,23)/t13-/m1/s1. The van der Waals surface area contributed by atoms with Crippen LogP contribution in [-0.2, 0) is 20.6 Å². The van der Waals surface area contributed by atoms with Crippen LogP contribution in [0.25, 0.3) is 0 Å². The number of hydrogen-bond donors (Lipinski definition) is 2. The second kappa shape index (κ2) is 6.72. The van der Waals surface area contributed by atoms with Crippen molar-refractivity contribution in [1.82, 2.24) is 19.4 Å². The monoisotopic (exact) mass is 345 g/mol. The van der Waals surface area contributed by atoms with E-state index in [1.807, 2.05) is 6.92 Å². The summed E-state index contributed by atoms with van der Waals surface area (Å²) in [6.07, 6.45) is 2.66. The van der Waals surface area contributed by atoms with E-state index in [-0.39, 0.29) is 22.9 Å². The predicted molar refractivity (Wildman–Crippen MR) is 96.2 cm³/mol. The molecule has 2 aromatic heterocycles. The number of rotatable bonds is 4. The van der Waals surface area contributed by atoms with Crippen molar-refractivity contribution in [1.29, 1.82) is 0 Å². The van der Waals surface area contributed by atoms with Crippen LogP contribution >= 0.6 is 0 Å². The molecule has 3 heterocycles. The van der Waals surface area contributed by atoms with Gasteiger partial charge in [0.2, 0.25) is 5.56 Å². The highest BCUT2D eigenvalue weighted by atomic mass is 16.2. The summed E-state index contributed by atoms with van der Waals surface area (Å²) in [6.45, 7) is 4.09. The van der Waals surface area contributed by atoms with Gasteiger partial charge in [0.1, 0.15) is 5.82 Å². The van der Waals surface area contributed by atoms with Crippen LogP contribution in [0.2, 0.25) is 0 Å². The maximum Gasteiger partial charge on any atom is 0.332 e. The number of aromatic nitrogens is 3. The smallest absolute Gasteiger partial charge is 0.332 e. The van der Waals surface area contributed by atoms with Crippen molar-refractivity contribution in [2.75, 3.05) is 18.0 Å². The molecule has 8 nitrogen and oxygen atoms in total. The van der Waals surface area contributed by atoms with Crippen molar-refractivity contribution < 1.29 is 0 Å². The van der Waals surface area contributed by atoms with Crippen LogP contribution in [0.15, 0.2) is 32.7 Å². The van der Waals surface area contributed by atoms with E-state index in [2.05, 4.69) is 15.2 Å². The zero-order chi connectivity index (χ0) is 18.1. The summed E-state index contributed by atoms with van der Waals surface area (Å²) < 4.78 is 2.62. The number of aromatic amines is 1. The van der Waals surface area contributed by atoms with Gasteiger partial charge in [0.15, 0.2) is 0 Å². The van der Waals surface area contributed by atoms with Crippen LogP contribution in [0, 0.1) is 6.92 Å². The van der Waals surface area contributed by atoms with Crippen molar-refractivity contribution in [3.05, 3.63) is 60.6 Å². The Balaban J connectivity index is 1.69. The molecule has 0 spiro atoms. The first-order valence-corrected chi connectivity index (χ1v) is 8.30. The molecule has 1 atom stereocenters. The van der Waals surface area contributed by atoms with Gasteiger partial charge in [-0.3, -0.25) is 18.7 Å². The summed E-state index contributed by atoms with van der Waals surface area (Å²) in [6, 6.07) is 3.36. The van der Waals surface area contributed by atoms with E-state index in [0.717, 1.165) is 35.2 Å². The second-order valence-corrected chi connectivity index (χ2v) is 6.56. The molecule has 0 aromatic carbocycles. The van der Waals surface area contributed by atoms with Crippen LogP contribution in [0.5, 0.6) is 0 Å². The van der Waals surface area contributed by atoms with E-state index >= 15 is 0 Å². The third-order valence-electron chi connectivity index (χ3n) is 4.84. The molecule has 1 aliphatic rings. The van der Waals surface area contributed by atoms with E-state index in [1.165, 1.54) is 17.7 Å². The van der Waals surface area contributed by atoms with Crippen molar-refractivity contribution >= 4 is 5.82 Å². The van der Waals surface area contributed by atoms with Crippen molar-refractivity contribution in [3.8, 4) is 0 Å². The summed E-state index contributed by atoms with van der Waals surface area (Å²) in [7, 11) is 3.16. The molecule has 0 unspecified atom stereocenters. The molecule has 0 amide bonds. The average molecular weight is 345 g/mol. The molecule has 1 fully saturated rings. The molecule has 8 heteroatoms. The van der Waals surface area contributed by atoms with Crippen LogP contribution < -0.4 is 27.0 Å². The normalized spacial score (nSPS) is 17.2.